The normalized spacial score (nSPS) is 9.41. The van der Waals surface area contributed by atoms with E-state index in [1.54, 1.807) is 19.1 Å². The molecule has 0 aliphatic carbocycles. The summed E-state index contributed by atoms with van der Waals surface area (Å²) in [7, 11) is 0. The fraction of sp³-hybridized carbons (Fsp3) is 0.333. The lowest BCUT2D eigenvalue weighted by molar-refractivity contribution is -0.122. The summed E-state index contributed by atoms with van der Waals surface area (Å²) in [6.07, 6.45) is 2.24. The van der Waals surface area contributed by atoms with E-state index < -0.39 is 0 Å². The van der Waals surface area contributed by atoms with E-state index in [-0.39, 0.29) is 24.5 Å². The highest BCUT2D eigenvalue weighted by atomic mass is 16.2. The van der Waals surface area contributed by atoms with Gasteiger partial charge in [-0.15, -0.1) is 0 Å². The first-order valence-corrected chi connectivity index (χ1v) is 5.33. The first kappa shape index (κ1) is 12.8. The van der Waals surface area contributed by atoms with Crippen molar-refractivity contribution in [2.24, 2.45) is 0 Å². The predicted molar refractivity (Wildman–Crippen MR) is 62.1 cm³/mol. The summed E-state index contributed by atoms with van der Waals surface area (Å²) in [4.78, 5) is 26.3. The highest BCUT2D eigenvalue weighted by Crippen LogP contribution is 2.05. The largest absolute Gasteiger partial charge is 0.311 e. The molecule has 0 atom stereocenters. The Morgan fingerprint density at radius 2 is 2.18 bits per heavy atom. The van der Waals surface area contributed by atoms with Crippen LogP contribution in [0.5, 0.6) is 0 Å². The van der Waals surface area contributed by atoms with E-state index in [0.717, 1.165) is 0 Å². The molecule has 0 radical (unpaired) electrons. The molecule has 1 aromatic heterocycles. The van der Waals surface area contributed by atoms with Gasteiger partial charge in [-0.05, 0) is 12.1 Å². The number of amides is 1. The third-order valence-corrected chi connectivity index (χ3v) is 2.19. The Kier molecular flexibility index (Phi) is 4.82. The number of carbonyl (C=O) groups excluding carboxylic acids is 2. The topological polar surface area (TPSA) is 82.9 Å². The Morgan fingerprint density at radius 1 is 1.41 bits per heavy atom. The number of aromatic nitrogens is 1. The maximum Gasteiger partial charge on any atom is 0.225 e. The summed E-state index contributed by atoms with van der Waals surface area (Å²) < 4.78 is 0. The van der Waals surface area contributed by atoms with Crippen LogP contribution in [0, 0.1) is 11.3 Å². The summed E-state index contributed by atoms with van der Waals surface area (Å²) in [5, 5.41) is 11.1. The monoisotopic (exact) mass is 231 g/mol. The molecule has 5 heteroatoms. The minimum Gasteiger partial charge on any atom is -0.311 e. The first-order chi connectivity index (χ1) is 8.15. The van der Waals surface area contributed by atoms with E-state index in [0.29, 0.717) is 17.8 Å². The SMILES string of the molecule is CCC(=O)CCC(=O)Nc1ccc(C#N)cn1. The van der Waals surface area contributed by atoms with Gasteiger partial charge in [0.15, 0.2) is 0 Å². The van der Waals surface area contributed by atoms with E-state index in [2.05, 4.69) is 10.3 Å². The molecule has 1 N–H and O–H groups in total. The van der Waals surface area contributed by atoms with Gasteiger partial charge in [0.05, 0.1) is 5.56 Å². The van der Waals surface area contributed by atoms with E-state index in [1.807, 2.05) is 6.07 Å². The molecule has 0 saturated heterocycles. The lowest BCUT2D eigenvalue weighted by Gasteiger charge is -2.03. The molecule has 0 unspecified atom stereocenters. The molecule has 0 fully saturated rings. The molecule has 1 aromatic rings. The average molecular weight is 231 g/mol. The lowest BCUT2D eigenvalue weighted by Crippen LogP contribution is -2.14. The van der Waals surface area contributed by atoms with Crippen molar-refractivity contribution in [1.29, 1.82) is 5.26 Å². The molecule has 0 aliphatic rings. The number of nitriles is 1. The van der Waals surface area contributed by atoms with Gasteiger partial charge in [0.2, 0.25) is 5.91 Å². The minimum atomic E-state index is -0.246. The van der Waals surface area contributed by atoms with Gasteiger partial charge in [-0.2, -0.15) is 5.26 Å². The molecule has 0 aromatic carbocycles. The van der Waals surface area contributed by atoms with E-state index >= 15 is 0 Å². The summed E-state index contributed by atoms with van der Waals surface area (Å²) in [6.45, 7) is 1.77. The second-order valence-electron chi connectivity index (χ2n) is 3.48. The third kappa shape index (κ3) is 4.43. The van der Waals surface area contributed by atoms with Crippen LogP contribution in [-0.4, -0.2) is 16.7 Å². The van der Waals surface area contributed by atoms with Crippen molar-refractivity contribution in [2.75, 3.05) is 5.32 Å². The van der Waals surface area contributed by atoms with Gasteiger partial charge in [0.25, 0.3) is 0 Å². The number of nitrogens with one attached hydrogen (secondary N) is 1. The predicted octanol–water partition coefficient (Wildman–Crippen LogP) is 1.65. The van der Waals surface area contributed by atoms with E-state index in [1.165, 1.54) is 6.20 Å². The summed E-state index contributed by atoms with van der Waals surface area (Å²) >= 11 is 0. The summed E-state index contributed by atoms with van der Waals surface area (Å²) in [5.74, 6) is 0.204. The average Bonchev–Trinajstić information content (AvgIpc) is 2.36. The van der Waals surface area contributed by atoms with Gasteiger partial charge in [-0.1, -0.05) is 6.92 Å². The molecule has 0 saturated carbocycles. The molecule has 0 bridgehead atoms. The van der Waals surface area contributed by atoms with Crippen molar-refractivity contribution in [2.45, 2.75) is 26.2 Å². The van der Waals surface area contributed by atoms with Gasteiger partial charge >= 0.3 is 0 Å². The number of nitrogens with zero attached hydrogens (tertiary/aromatic N) is 2. The van der Waals surface area contributed by atoms with Crippen LogP contribution in [0.15, 0.2) is 18.3 Å². The van der Waals surface area contributed by atoms with Gasteiger partial charge < -0.3 is 5.32 Å². The number of pyridine rings is 1. The number of ketones is 1. The van der Waals surface area contributed by atoms with Crippen LogP contribution in [0.3, 0.4) is 0 Å². The van der Waals surface area contributed by atoms with E-state index in [4.69, 9.17) is 5.26 Å². The summed E-state index contributed by atoms with van der Waals surface area (Å²) in [6, 6.07) is 5.06. The van der Waals surface area contributed by atoms with Crippen molar-refractivity contribution in [3.63, 3.8) is 0 Å². The van der Waals surface area contributed by atoms with Crippen LogP contribution in [0.1, 0.15) is 31.7 Å². The summed E-state index contributed by atoms with van der Waals surface area (Å²) in [5.41, 5.74) is 0.434. The van der Waals surface area contributed by atoms with E-state index in [9.17, 15) is 9.59 Å². The van der Waals surface area contributed by atoms with Crippen LogP contribution in [-0.2, 0) is 9.59 Å². The Hall–Kier alpha value is -2.22. The Labute approximate surface area is 99.5 Å². The number of hydrogen-bond donors (Lipinski definition) is 1. The number of carbonyl (C=O) groups is 2. The number of hydrogen-bond acceptors (Lipinski definition) is 4. The fourth-order valence-electron chi connectivity index (χ4n) is 1.17. The third-order valence-electron chi connectivity index (χ3n) is 2.19. The van der Waals surface area contributed by atoms with Gasteiger partial charge in [-0.25, -0.2) is 4.98 Å². The molecule has 5 nitrogen and oxygen atoms in total. The molecule has 0 aliphatic heterocycles. The van der Waals surface area contributed by atoms with Crippen molar-refractivity contribution >= 4 is 17.5 Å². The van der Waals surface area contributed by atoms with Gasteiger partial charge in [0.1, 0.15) is 17.7 Å². The van der Waals surface area contributed by atoms with Crippen molar-refractivity contribution in [3.05, 3.63) is 23.9 Å². The lowest BCUT2D eigenvalue weighted by atomic mass is 10.2. The number of Topliss-reactive ketones (excluding diaryl/α,β-unsaturated/α-hetero) is 1. The second kappa shape index (κ2) is 6.38. The fourth-order valence-corrected chi connectivity index (χ4v) is 1.17. The van der Waals surface area contributed by atoms with Crippen molar-refractivity contribution in [3.8, 4) is 6.07 Å². The maximum absolute atomic E-state index is 11.4. The van der Waals surface area contributed by atoms with Crippen molar-refractivity contribution < 1.29 is 9.59 Å². The van der Waals surface area contributed by atoms with Crippen LogP contribution in [0.4, 0.5) is 5.82 Å². The Balaban J connectivity index is 2.45. The quantitative estimate of drug-likeness (QED) is 0.835. The van der Waals surface area contributed by atoms with Crippen LogP contribution >= 0.6 is 0 Å². The standard InChI is InChI=1S/C12H13N3O2/c1-2-10(16)4-6-12(17)15-11-5-3-9(7-13)8-14-11/h3,5,8H,2,4,6H2,1H3,(H,14,15,17). The Morgan fingerprint density at radius 3 is 2.71 bits per heavy atom. The molecule has 1 heterocycles. The zero-order valence-electron chi connectivity index (χ0n) is 9.56. The molecule has 0 spiro atoms. The van der Waals surface area contributed by atoms with Crippen LogP contribution < -0.4 is 5.32 Å². The minimum absolute atomic E-state index is 0.0629. The van der Waals surface area contributed by atoms with Gasteiger partial charge in [0, 0.05) is 25.5 Å². The Bertz CT molecular complexity index is 446. The van der Waals surface area contributed by atoms with Crippen molar-refractivity contribution in [1.82, 2.24) is 4.98 Å². The highest BCUT2D eigenvalue weighted by molar-refractivity contribution is 5.92. The zero-order valence-corrected chi connectivity index (χ0v) is 9.56. The number of anilines is 1. The highest BCUT2D eigenvalue weighted by Gasteiger charge is 2.06. The molecule has 1 rings (SSSR count). The molecule has 88 valence electrons. The van der Waals surface area contributed by atoms with Crippen LogP contribution in [0.25, 0.3) is 0 Å². The molecular formula is C12H13N3O2. The number of rotatable bonds is 5. The zero-order chi connectivity index (χ0) is 12.7. The molecular weight excluding hydrogens is 218 g/mol. The van der Waals surface area contributed by atoms with Gasteiger partial charge in [-0.3, -0.25) is 9.59 Å². The molecule has 1 amide bonds. The molecule has 17 heavy (non-hydrogen) atoms. The second-order valence-corrected chi connectivity index (χ2v) is 3.48. The first-order valence-electron chi connectivity index (χ1n) is 5.33. The maximum atomic E-state index is 11.4. The smallest absolute Gasteiger partial charge is 0.225 e. The van der Waals surface area contributed by atoms with Crippen LogP contribution in [0.2, 0.25) is 0 Å².